The third kappa shape index (κ3) is 3.37. The minimum Gasteiger partial charge on any atom is -0.480 e. The summed E-state index contributed by atoms with van der Waals surface area (Å²) in [5.74, 6) is -0.879. The van der Waals surface area contributed by atoms with E-state index in [-0.39, 0.29) is 6.61 Å². The molecule has 2 N–H and O–H groups in total. The Kier molecular flexibility index (Phi) is 5.04. The monoisotopic (exact) mass is 228 g/mol. The topological polar surface area (TPSA) is 107 Å². The highest BCUT2D eigenvalue weighted by molar-refractivity contribution is 5.79. The number of carboxylic acids is 1. The number of hydrogen-bond acceptors (Lipinski definition) is 4. The highest BCUT2D eigenvalue weighted by atomic mass is 16.5. The molecule has 1 atom stereocenters. The van der Waals surface area contributed by atoms with Crippen LogP contribution in [-0.2, 0) is 9.53 Å². The van der Waals surface area contributed by atoms with Gasteiger partial charge in [0.05, 0.1) is 6.61 Å². The Bertz CT molecular complexity index is 282. The summed E-state index contributed by atoms with van der Waals surface area (Å²) in [5.41, 5.74) is 7.11. The van der Waals surface area contributed by atoms with Gasteiger partial charge in [0, 0.05) is 18.1 Å². The number of ether oxygens (including phenoxy) is 1. The summed E-state index contributed by atoms with van der Waals surface area (Å²) in [5, 5.41) is 15.5. The van der Waals surface area contributed by atoms with E-state index >= 15 is 0 Å². The molecule has 0 spiro atoms. The molecular weight excluding hydrogens is 212 g/mol. The molecule has 7 heteroatoms. The van der Waals surface area contributed by atoms with Crippen molar-refractivity contribution in [3.8, 4) is 0 Å². The molecule has 1 aliphatic rings. The van der Waals surface area contributed by atoms with E-state index in [0.717, 1.165) is 6.42 Å². The van der Waals surface area contributed by atoms with Crippen LogP contribution in [0.3, 0.4) is 0 Å². The van der Waals surface area contributed by atoms with Crippen LogP contribution in [0.1, 0.15) is 19.3 Å². The molecule has 1 rings (SSSR count). The number of hydrogen-bond donors (Lipinski definition) is 2. The van der Waals surface area contributed by atoms with Crippen molar-refractivity contribution in [2.75, 3.05) is 26.3 Å². The van der Waals surface area contributed by atoms with E-state index in [0.29, 0.717) is 32.5 Å². The summed E-state index contributed by atoms with van der Waals surface area (Å²) in [7, 11) is 0. The zero-order valence-electron chi connectivity index (χ0n) is 9.06. The van der Waals surface area contributed by atoms with Crippen LogP contribution in [0.2, 0.25) is 0 Å². The Balaban J connectivity index is 2.38. The predicted octanol–water partition coefficient (Wildman–Crippen LogP) is 0.910. The van der Waals surface area contributed by atoms with Gasteiger partial charge in [-0.1, -0.05) is 5.11 Å². The molecule has 16 heavy (non-hydrogen) atoms. The first-order chi connectivity index (χ1) is 7.71. The molecule has 7 nitrogen and oxygen atoms in total. The number of nitrogens with one attached hydrogen (secondary N) is 1. The zero-order chi connectivity index (χ0) is 11.9. The molecular formula is C9H16N4O3. The fourth-order valence-electron chi connectivity index (χ4n) is 1.70. The fraction of sp³-hybridized carbons (Fsp3) is 0.889. The SMILES string of the molecule is [N-]=[N+]=NCCCNC1(C(=O)O)CCCOC1. The van der Waals surface area contributed by atoms with Gasteiger partial charge in [0.25, 0.3) is 0 Å². The lowest BCUT2D eigenvalue weighted by molar-refractivity contribution is -0.150. The lowest BCUT2D eigenvalue weighted by atomic mass is 9.92. The smallest absolute Gasteiger partial charge is 0.326 e. The number of rotatable bonds is 6. The molecule has 1 fully saturated rings. The first-order valence-electron chi connectivity index (χ1n) is 5.28. The van der Waals surface area contributed by atoms with Crippen molar-refractivity contribution >= 4 is 5.97 Å². The van der Waals surface area contributed by atoms with Crippen molar-refractivity contribution in [1.29, 1.82) is 0 Å². The largest absolute Gasteiger partial charge is 0.480 e. The van der Waals surface area contributed by atoms with Gasteiger partial charge in [-0.05, 0) is 31.3 Å². The molecule has 0 aromatic carbocycles. The summed E-state index contributed by atoms with van der Waals surface area (Å²) in [6.07, 6.45) is 1.94. The van der Waals surface area contributed by atoms with Gasteiger partial charge in [-0.15, -0.1) is 0 Å². The van der Waals surface area contributed by atoms with Crippen molar-refractivity contribution < 1.29 is 14.6 Å². The van der Waals surface area contributed by atoms with Crippen LogP contribution < -0.4 is 5.32 Å². The van der Waals surface area contributed by atoms with Gasteiger partial charge < -0.3 is 9.84 Å². The first kappa shape index (κ1) is 12.8. The standard InChI is InChI=1S/C9H16N4O3/c10-13-12-5-2-4-11-9(8(14)15)3-1-6-16-7-9/h11H,1-7H2,(H,14,15). The van der Waals surface area contributed by atoms with Gasteiger partial charge in [-0.3, -0.25) is 10.1 Å². The molecule has 0 aliphatic carbocycles. The average molecular weight is 228 g/mol. The van der Waals surface area contributed by atoms with Crippen LogP contribution in [0, 0.1) is 0 Å². The molecule has 0 radical (unpaired) electrons. The van der Waals surface area contributed by atoms with Crippen LogP contribution in [-0.4, -0.2) is 42.9 Å². The maximum atomic E-state index is 11.2. The van der Waals surface area contributed by atoms with Crippen molar-refractivity contribution in [3.05, 3.63) is 10.4 Å². The van der Waals surface area contributed by atoms with Crippen LogP contribution in [0.4, 0.5) is 0 Å². The van der Waals surface area contributed by atoms with E-state index in [4.69, 9.17) is 15.4 Å². The summed E-state index contributed by atoms with van der Waals surface area (Å²) in [4.78, 5) is 13.8. The summed E-state index contributed by atoms with van der Waals surface area (Å²) < 4.78 is 5.20. The third-order valence-corrected chi connectivity index (χ3v) is 2.61. The Morgan fingerprint density at radius 3 is 3.06 bits per heavy atom. The molecule has 0 saturated carbocycles. The highest BCUT2D eigenvalue weighted by Crippen LogP contribution is 2.19. The minimum atomic E-state index is -0.964. The molecule has 0 amide bonds. The lowest BCUT2D eigenvalue weighted by Gasteiger charge is -2.33. The number of aliphatic carboxylic acids is 1. The van der Waals surface area contributed by atoms with E-state index in [9.17, 15) is 4.79 Å². The second kappa shape index (κ2) is 6.32. The maximum absolute atomic E-state index is 11.2. The van der Waals surface area contributed by atoms with Crippen molar-refractivity contribution in [2.24, 2.45) is 5.11 Å². The quantitative estimate of drug-likeness (QED) is 0.305. The van der Waals surface area contributed by atoms with Crippen LogP contribution in [0.25, 0.3) is 10.4 Å². The number of nitrogens with zero attached hydrogens (tertiary/aromatic N) is 3. The lowest BCUT2D eigenvalue weighted by Crippen LogP contribution is -2.57. The summed E-state index contributed by atoms with van der Waals surface area (Å²) in [6.45, 7) is 1.70. The zero-order valence-corrected chi connectivity index (χ0v) is 9.06. The van der Waals surface area contributed by atoms with Crippen molar-refractivity contribution in [3.63, 3.8) is 0 Å². The Hall–Kier alpha value is -1.30. The number of azide groups is 1. The molecule has 1 aliphatic heterocycles. The van der Waals surface area contributed by atoms with Crippen molar-refractivity contribution in [2.45, 2.75) is 24.8 Å². The van der Waals surface area contributed by atoms with E-state index in [1.165, 1.54) is 0 Å². The van der Waals surface area contributed by atoms with Crippen LogP contribution >= 0.6 is 0 Å². The average Bonchev–Trinajstić information content (AvgIpc) is 2.30. The van der Waals surface area contributed by atoms with E-state index in [2.05, 4.69) is 15.3 Å². The van der Waals surface area contributed by atoms with Gasteiger partial charge in [-0.25, -0.2) is 0 Å². The van der Waals surface area contributed by atoms with Gasteiger partial charge in [0.1, 0.15) is 5.54 Å². The highest BCUT2D eigenvalue weighted by Gasteiger charge is 2.39. The molecule has 0 bridgehead atoms. The molecule has 1 unspecified atom stereocenters. The second-order valence-corrected chi connectivity index (χ2v) is 3.78. The molecule has 0 aromatic rings. The van der Waals surface area contributed by atoms with Gasteiger partial charge in [0.2, 0.25) is 0 Å². The Morgan fingerprint density at radius 1 is 1.69 bits per heavy atom. The second-order valence-electron chi connectivity index (χ2n) is 3.78. The summed E-state index contributed by atoms with van der Waals surface area (Å²) in [6, 6.07) is 0. The van der Waals surface area contributed by atoms with Crippen LogP contribution in [0.5, 0.6) is 0 Å². The third-order valence-electron chi connectivity index (χ3n) is 2.61. The molecule has 1 heterocycles. The molecule has 0 aromatic heterocycles. The predicted molar refractivity (Wildman–Crippen MR) is 57.1 cm³/mol. The van der Waals surface area contributed by atoms with Gasteiger partial charge >= 0.3 is 5.97 Å². The summed E-state index contributed by atoms with van der Waals surface area (Å²) >= 11 is 0. The van der Waals surface area contributed by atoms with E-state index < -0.39 is 11.5 Å². The first-order valence-corrected chi connectivity index (χ1v) is 5.28. The van der Waals surface area contributed by atoms with E-state index in [1.807, 2.05) is 0 Å². The van der Waals surface area contributed by atoms with Crippen molar-refractivity contribution in [1.82, 2.24) is 5.32 Å². The number of carboxylic acid groups (broad SMARTS) is 1. The normalized spacial score (nSPS) is 24.8. The maximum Gasteiger partial charge on any atom is 0.326 e. The van der Waals surface area contributed by atoms with Gasteiger partial charge in [0.15, 0.2) is 0 Å². The molecule has 90 valence electrons. The van der Waals surface area contributed by atoms with Gasteiger partial charge in [-0.2, -0.15) is 0 Å². The fourth-order valence-corrected chi connectivity index (χ4v) is 1.70. The Morgan fingerprint density at radius 2 is 2.50 bits per heavy atom. The molecule has 1 saturated heterocycles. The Labute approximate surface area is 93.4 Å². The number of carbonyl (C=O) groups is 1. The van der Waals surface area contributed by atoms with Crippen LogP contribution in [0.15, 0.2) is 5.11 Å². The van der Waals surface area contributed by atoms with E-state index in [1.54, 1.807) is 0 Å². The minimum absolute atomic E-state index is 0.198.